The van der Waals surface area contributed by atoms with Crippen LogP contribution in [0.5, 0.6) is 0 Å². The van der Waals surface area contributed by atoms with Gasteiger partial charge in [-0.3, -0.25) is 9.78 Å². The number of pyridine rings is 1. The molecule has 88 valence electrons. The van der Waals surface area contributed by atoms with Gasteiger partial charge in [0.25, 0.3) is 5.91 Å². The first-order chi connectivity index (χ1) is 8.31. The molecule has 0 aliphatic rings. The van der Waals surface area contributed by atoms with Crippen LogP contribution >= 0.6 is 0 Å². The van der Waals surface area contributed by atoms with Crippen LogP contribution in [0.4, 0.5) is 0 Å². The van der Waals surface area contributed by atoms with Gasteiger partial charge in [-0.15, -0.1) is 0 Å². The lowest BCUT2D eigenvalue weighted by molar-refractivity contribution is 0.0948. The van der Waals surface area contributed by atoms with E-state index in [1.165, 1.54) is 0 Å². The second-order valence-electron chi connectivity index (χ2n) is 3.75. The van der Waals surface area contributed by atoms with E-state index in [1.807, 2.05) is 42.1 Å². The van der Waals surface area contributed by atoms with Crippen LogP contribution in [0.15, 0.2) is 42.9 Å². The molecule has 2 aromatic heterocycles. The van der Waals surface area contributed by atoms with Gasteiger partial charge >= 0.3 is 0 Å². The van der Waals surface area contributed by atoms with Crippen LogP contribution in [0.25, 0.3) is 5.69 Å². The molecule has 0 fully saturated rings. The third kappa shape index (κ3) is 2.72. The van der Waals surface area contributed by atoms with E-state index in [4.69, 9.17) is 0 Å². The Bertz CT molecular complexity index is 491. The number of aromatic nitrogens is 2. The van der Waals surface area contributed by atoms with Gasteiger partial charge in [-0.25, -0.2) is 0 Å². The SMILES string of the molecule is CCCNC(=O)c1cc(-n2cccc2)ccn1. The van der Waals surface area contributed by atoms with Crippen LogP contribution in [-0.4, -0.2) is 22.0 Å². The molecule has 0 spiro atoms. The summed E-state index contributed by atoms with van der Waals surface area (Å²) < 4.78 is 1.94. The van der Waals surface area contributed by atoms with E-state index < -0.39 is 0 Å². The Morgan fingerprint density at radius 2 is 2.18 bits per heavy atom. The van der Waals surface area contributed by atoms with E-state index in [1.54, 1.807) is 12.3 Å². The second kappa shape index (κ2) is 5.30. The van der Waals surface area contributed by atoms with E-state index in [0.717, 1.165) is 12.1 Å². The number of hydrogen-bond donors (Lipinski definition) is 1. The van der Waals surface area contributed by atoms with Crippen molar-refractivity contribution < 1.29 is 4.79 Å². The van der Waals surface area contributed by atoms with E-state index in [2.05, 4.69) is 10.3 Å². The molecule has 0 aromatic carbocycles. The maximum absolute atomic E-state index is 11.7. The maximum atomic E-state index is 11.7. The number of amides is 1. The van der Waals surface area contributed by atoms with Crippen LogP contribution in [0.3, 0.4) is 0 Å². The molecule has 0 aliphatic heterocycles. The van der Waals surface area contributed by atoms with Crippen LogP contribution in [0, 0.1) is 0 Å². The normalized spacial score (nSPS) is 10.2. The maximum Gasteiger partial charge on any atom is 0.269 e. The van der Waals surface area contributed by atoms with Crippen molar-refractivity contribution in [1.29, 1.82) is 0 Å². The molecule has 0 saturated carbocycles. The zero-order chi connectivity index (χ0) is 12.1. The van der Waals surface area contributed by atoms with Gasteiger partial charge in [0.2, 0.25) is 0 Å². The molecule has 4 heteroatoms. The number of carbonyl (C=O) groups excluding carboxylic acids is 1. The predicted molar refractivity (Wildman–Crippen MR) is 66.2 cm³/mol. The molecule has 4 nitrogen and oxygen atoms in total. The summed E-state index contributed by atoms with van der Waals surface area (Å²) in [7, 11) is 0. The molecule has 0 radical (unpaired) electrons. The summed E-state index contributed by atoms with van der Waals surface area (Å²) in [6, 6.07) is 7.54. The third-order valence-corrected chi connectivity index (χ3v) is 2.41. The van der Waals surface area contributed by atoms with Gasteiger partial charge in [0.15, 0.2) is 0 Å². The van der Waals surface area contributed by atoms with Gasteiger partial charge in [0.05, 0.1) is 0 Å². The zero-order valence-corrected chi connectivity index (χ0v) is 9.76. The number of nitrogens with zero attached hydrogens (tertiary/aromatic N) is 2. The molecule has 0 aliphatic carbocycles. The number of rotatable bonds is 4. The molecular formula is C13H15N3O. The monoisotopic (exact) mass is 229 g/mol. The summed E-state index contributed by atoms with van der Waals surface area (Å²) in [6.07, 6.45) is 6.44. The quantitative estimate of drug-likeness (QED) is 0.871. The summed E-state index contributed by atoms with van der Waals surface area (Å²) in [5, 5.41) is 2.81. The zero-order valence-electron chi connectivity index (χ0n) is 9.76. The number of nitrogens with one attached hydrogen (secondary N) is 1. The van der Waals surface area contributed by atoms with E-state index >= 15 is 0 Å². The predicted octanol–water partition coefficient (Wildman–Crippen LogP) is 2.01. The average molecular weight is 229 g/mol. The first-order valence-corrected chi connectivity index (χ1v) is 5.69. The second-order valence-corrected chi connectivity index (χ2v) is 3.75. The van der Waals surface area contributed by atoms with Gasteiger partial charge in [-0.1, -0.05) is 6.92 Å². The Hall–Kier alpha value is -2.10. The Labute approximate surface area is 100 Å². The molecule has 0 atom stereocenters. The molecule has 2 heterocycles. The van der Waals surface area contributed by atoms with Crippen molar-refractivity contribution in [2.24, 2.45) is 0 Å². The summed E-state index contributed by atoms with van der Waals surface area (Å²) >= 11 is 0. The van der Waals surface area contributed by atoms with Gasteiger partial charge in [-0.2, -0.15) is 0 Å². The molecular weight excluding hydrogens is 214 g/mol. The summed E-state index contributed by atoms with van der Waals surface area (Å²) in [6.45, 7) is 2.69. The lowest BCUT2D eigenvalue weighted by atomic mass is 10.3. The lowest BCUT2D eigenvalue weighted by Gasteiger charge is -2.06. The largest absolute Gasteiger partial charge is 0.351 e. The van der Waals surface area contributed by atoms with Gasteiger partial charge in [-0.05, 0) is 30.7 Å². The van der Waals surface area contributed by atoms with Gasteiger partial charge in [0, 0.05) is 30.8 Å². The summed E-state index contributed by atoms with van der Waals surface area (Å²) in [5.41, 5.74) is 1.39. The molecule has 17 heavy (non-hydrogen) atoms. The number of carbonyl (C=O) groups is 1. The van der Waals surface area contributed by atoms with Crippen LogP contribution in [0.1, 0.15) is 23.8 Å². The highest BCUT2D eigenvalue weighted by atomic mass is 16.1. The Balaban J connectivity index is 2.20. The Kier molecular flexibility index (Phi) is 3.55. The molecule has 0 saturated heterocycles. The fraction of sp³-hybridized carbons (Fsp3) is 0.231. The summed E-state index contributed by atoms with van der Waals surface area (Å²) in [5.74, 6) is -0.124. The van der Waals surface area contributed by atoms with Crippen molar-refractivity contribution in [2.75, 3.05) is 6.54 Å². The molecule has 0 unspecified atom stereocenters. The highest BCUT2D eigenvalue weighted by Gasteiger charge is 2.07. The smallest absolute Gasteiger partial charge is 0.269 e. The first kappa shape index (κ1) is 11.4. The van der Waals surface area contributed by atoms with Crippen LogP contribution in [0.2, 0.25) is 0 Å². The molecule has 1 amide bonds. The fourth-order valence-corrected chi connectivity index (χ4v) is 1.54. The standard InChI is InChI=1S/C13H15N3O/c1-2-6-15-13(17)12-10-11(5-7-14-12)16-8-3-4-9-16/h3-5,7-10H,2,6H2,1H3,(H,15,17). The topological polar surface area (TPSA) is 46.9 Å². The minimum Gasteiger partial charge on any atom is -0.351 e. The lowest BCUT2D eigenvalue weighted by Crippen LogP contribution is -2.25. The van der Waals surface area contributed by atoms with Gasteiger partial charge in [0.1, 0.15) is 5.69 Å². The first-order valence-electron chi connectivity index (χ1n) is 5.69. The fourth-order valence-electron chi connectivity index (χ4n) is 1.54. The van der Waals surface area contributed by atoms with Crippen LogP contribution in [-0.2, 0) is 0 Å². The average Bonchev–Trinajstić information content (AvgIpc) is 2.90. The Morgan fingerprint density at radius 3 is 2.88 bits per heavy atom. The van der Waals surface area contributed by atoms with Crippen molar-refractivity contribution in [3.8, 4) is 5.69 Å². The number of hydrogen-bond acceptors (Lipinski definition) is 2. The van der Waals surface area contributed by atoms with Crippen LogP contribution < -0.4 is 5.32 Å². The van der Waals surface area contributed by atoms with Crippen molar-refractivity contribution in [2.45, 2.75) is 13.3 Å². The Morgan fingerprint density at radius 1 is 1.41 bits per heavy atom. The van der Waals surface area contributed by atoms with E-state index in [9.17, 15) is 4.79 Å². The molecule has 1 N–H and O–H groups in total. The van der Waals surface area contributed by atoms with Gasteiger partial charge < -0.3 is 9.88 Å². The van der Waals surface area contributed by atoms with E-state index in [0.29, 0.717) is 12.2 Å². The van der Waals surface area contributed by atoms with Crippen molar-refractivity contribution >= 4 is 5.91 Å². The van der Waals surface area contributed by atoms with Crippen molar-refractivity contribution in [3.05, 3.63) is 48.5 Å². The third-order valence-electron chi connectivity index (χ3n) is 2.41. The molecule has 2 aromatic rings. The molecule has 0 bridgehead atoms. The van der Waals surface area contributed by atoms with Crippen molar-refractivity contribution in [1.82, 2.24) is 14.9 Å². The van der Waals surface area contributed by atoms with E-state index in [-0.39, 0.29) is 5.91 Å². The summed E-state index contributed by atoms with van der Waals surface area (Å²) in [4.78, 5) is 15.8. The highest BCUT2D eigenvalue weighted by molar-refractivity contribution is 5.92. The minimum atomic E-state index is -0.124. The highest BCUT2D eigenvalue weighted by Crippen LogP contribution is 2.08. The minimum absolute atomic E-state index is 0.124. The molecule has 2 rings (SSSR count). The van der Waals surface area contributed by atoms with Crippen molar-refractivity contribution in [3.63, 3.8) is 0 Å².